The lowest BCUT2D eigenvalue weighted by Crippen LogP contribution is -2.30. The maximum atomic E-state index is 11.8. The zero-order valence-electron chi connectivity index (χ0n) is 13.8. The molecule has 1 aromatic carbocycles. The van der Waals surface area contributed by atoms with Crippen LogP contribution in [-0.4, -0.2) is 35.4 Å². The van der Waals surface area contributed by atoms with Crippen LogP contribution in [0.1, 0.15) is 12.8 Å². The molecule has 0 unspecified atom stereocenters. The van der Waals surface area contributed by atoms with E-state index in [2.05, 4.69) is 20.9 Å². The SMILES string of the molecule is O=C(CNc1ccccc1[N+](=O)[O-])NCCCCNc1ccccn1. The van der Waals surface area contributed by atoms with Crippen LogP contribution in [0.25, 0.3) is 0 Å². The number of nitro groups is 1. The number of pyridine rings is 1. The molecular formula is C17H21N5O3. The van der Waals surface area contributed by atoms with Crippen molar-refractivity contribution >= 4 is 23.1 Å². The fraction of sp³-hybridized carbons (Fsp3) is 0.294. The Kier molecular flexibility index (Phi) is 7.17. The van der Waals surface area contributed by atoms with Gasteiger partial charge in [0.25, 0.3) is 5.69 Å². The molecule has 1 amide bonds. The van der Waals surface area contributed by atoms with Crippen LogP contribution in [-0.2, 0) is 4.79 Å². The fourth-order valence-electron chi connectivity index (χ4n) is 2.18. The van der Waals surface area contributed by atoms with Crippen molar-refractivity contribution in [1.29, 1.82) is 0 Å². The van der Waals surface area contributed by atoms with Crippen molar-refractivity contribution in [3.05, 3.63) is 58.8 Å². The number of nitrogens with one attached hydrogen (secondary N) is 3. The maximum absolute atomic E-state index is 11.8. The minimum absolute atomic E-state index is 0.00294. The third-order valence-corrected chi connectivity index (χ3v) is 3.44. The highest BCUT2D eigenvalue weighted by molar-refractivity contribution is 5.81. The molecule has 3 N–H and O–H groups in total. The van der Waals surface area contributed by atoms with Gasteiger partial charge in [-0.25, -0.2) is 4.98 Å². The number of hydrogen-bond acceptors (Lipinski definition) is 6. The standard InChI is InChI=1S/C17H21N5O3/c23-17(13-21-14-7-1-2-8-15(14)22(24)25)20-12-6-5-11-19-16-9-3-4-10-18-16/h1-4,7-10,21H,5-6,11-13H2,(H,18,19)(H,20,23). The van der Waals surface area contributed by atoms with E-state index < -0.39 is 4.92 Å². The van der Waals surface area contributed by atoms with Crippen LogP contribution >= 0.6 is 0 Å². The second kappa shape index (κ2) is 9.86. The number of anilines is 2. The van der Waals surface area contributed by atoms with Crippen LogP contribution in [0.3, 0.4) is 0 Å². The number of para-hydroxylation sites is 2. The van der Waals surface area contributed by atoms with Crippen molar-refractivity contribution < 1.29 is 9.72 Å². The topological polar surface area (TPSA) is 109 Å². The molecular weight excluding hydrogens is 322 g/mol. The summed E-state index contributed by atoms with van der Waals surface area (Å²) in [4.78, 5) is 26.4. The number of amides is 1. The van der Waals surface area contributed by atoms with Gasteiger partial charge in [0.1, 0.15) is 11.5 Å². The molecule has 0 spiro atoms. The summed E-state index contributed by atoms with van der Waals surface area (Å²) >= 11 is 0. The van der Waals surface area contributed by atoms with Crippen LogP contribution in [0, 0.1) is 10.1 Å². The highest BCUT2D eigenvalue weighted by Gasteiger charge is 2.12. The summed E-state index contributed by atoms with van der Waals surface area (Å²) in [5.41, 5.74) is 0.290. The van der Waals surface area contributed by atoms with E-state index in [4.69, 9.17) is 0 Å². The average Bonchev–Trinajstić information content (AvgIpc) is 2.64. The molecule has 0 saturated carbocycles. The third kappa shape index (κ3) is 6.46. The molecule has 1 heterocycles. The van der Waals surface area contributed by atoms with Crippen LogP contribution < -0.4 is 16.0 Å². The van der Waals surface area contributed by atoms with E-state index in [0.29, 0.717) is 12.2 Å². The number of nitrogens with zero attached hydrogens (tertiary/aromatic N) is 2. The molecule has 25 heavy (non-hydrogen) atoms. The van der Waals surface area contributed by atoms with Crippen molar-refractivity contribution in [2.45, 2.75) is 12.8 Å². The Morgan fingerprint density at radius 3 is 2.56 bits per heavy atom. The Morgan fingerprint density at radius 2 is 1.80 bits per heavy atom. The minimum Gasteiger partial charge on any atom is -0.371 e. The minimum atomic E-state index is -0.477. The first-order valence-electron chi connectivity index (χ1n) is 8.05. The van der Waals surface area contributed by atoms with Crippen molar-refractivity contribution in [2.24, 2.45) is 0 Å². The van der Waals surface area contributed by atoms with Crippen LogP contribution in [0.2, 0.25) is 0 Å². The van der Waals surface area contributed by atoms with Crippen molar-refractivity contribution in [2.75, 3.05) is 30.3 Å². The molecule has 2 aromatic rings. The van der Waals surface area contributed by atoms with E-state index >= 15 is 0 Å². The number of carbonyl (C=O) groups excluding carboxylic acids is 1. The molecule has 8 heteroatoms. The molecule has 0 aliphatic carbocycles. The molecule has 0 atom stereocenters. The maximum Gasteiger partial charge on any atom is 0.292 e. The van der Waals surface area contributed by atoms with Crippen molar-refractivity contribution in [3.63, 3.8) is 0 Å². The second-order valence-corrected chi connectivity index (χ2v) is 5.33. The first-order valence-corrected chi connectivity index (χ1v) is 8.05. The summed E-state index contributed by atoms with van der Waals surface area (Å²) in [6.45, 7) is 1.33. The molecule has 8 nitrogen and oxygen atoms in total. The molecule has 1 aromatic heterocycles. The first kappa shape index (κ1) is 18.2. The van der Waals surface area contributed by atoms with E-state index in [9.17, 15) is 14.9 Å². The molecule has 0 saturated heterocycles. The van der Waals surface area contributed by atoms with E-state index in [-0.39, 0.29) is 18.1 Å². The number of benzene rings is 1. The Morgan fingerprint density at radius 1 is 1.04 bits per heavy atom. The van der Waals surface area contributed by atoms with E-state index in [1.807, 2.05) is 18.2 Å². The van der Waals surface area contributed by atoms with Gasteiger partial charge in [-0.3, -0.25) is 14.9 Å². The van der Waals surface area contributed by atoms with Gasteiger partial charge in [0.05, 0.1) is 11.5 Å². The Labute approximate surface area is 145 Å². The van der Waals surface area contributed by atoms with E-state index in [0.717, 1.165) is 25.2 Å². The van der Waals surface area contributed by atoms with Gasteiger partial charge in [0, 0.05) is 25.4 Å². The van der Waals surface area contributed by atoms with Gasteiger partial charge in [-0.2, -0.15) is 0 Å². The number of nitro benzene ring substituents is 1. The Bertz CT molecular complexity index is 694. The predicted octanol–water partition coefficient (Wildman–Crippen LogP) is 2.41. The summed E-state index contributed by atoms with van der Waals surface area (Å²) in [7, 11) is 0. The van der Waals surface area contributed by atoms with Gasteiger partial charge < -0.3 is 16.0 Å². The Hall–Kier alpha value is -3.16. The van der Waals surface area contributed by atoms with Crippen molar-refractivity contribution in [1.82, 2.24) is 10.3 Å². The average molecular weight is 343 g/mol. The lowest BCUT2D eigenvalue weighted by molar-refractivity contribution is -0.383. The van der Waals surface area contributed by atoms with Crippen molar-refractivity contribution in [3.8, 4) is 0 Å². The molecule has 2 rings (SSSR count). The summed E-state index contributed by atoms with van der Waals surface area (Å²) < 4.78 is 0. The third-order valence-electron chi connectivity index (χ3n) is 3.44. The Balaban J connectivity index is 1.59. The summed E-state index contributed by atoms with van der Waals surface area (Å²) in [5, 5.41) is 19.7. The number of carbonyl (C=O) groups is 1. The van der Waals surface area contributed by atoms with E-state index in [1.165, 1.54) is 6.07 Å². The molecule has 0 aliphatic rings. The lowest BCUT2D eigenvalue weighted by Gasteiger charge is -2.08. The first-order chi connectivity index (χ1) is 12.2. The number of rotatable bonds is 10. The molecule has 0 fully saturated rings. The highest BCUT2D eigenvalue weighted by Crippen LogP contribution is 2.22. The number of hydrogen-bond donors (Lipinski definition) is 3. The van der Waals surface area contributed by atoms with Gasteiger partial charge in [0.2, 0.25) is 5.91 Å². The number of unbranched alkanes of at least 4 members (excludes halogenated alkanes) is 1. The molecule has 132 valence electrons. The molecule has 0 bridgehead atoms. The van der Waals surface area contributed by atoms with Gasteiger partial charge in [-0.05, 0) is 31.0 Å². The number of aromatic nitrogens is 1. The normalized spacial score (nSPS) is 10.1. The van der Waals surface area contributed by atoms with Crippen LogP contribution in [0.15, 0.2) is 48.7 Å². The quantitative estimate of drug-likeness (QED) is 0.347. The van der Waals surface area contributed by atoms with E-state index in [1.54, 1.807) is 24.4 Å². The largest absolute Gasteiger partial charge is 0.371 e. The molecule has 0 radical (unpaired) electrons. The second-order valence-electron chi connectivity index (χ2n) is 5.33. The summed E-state index contributed by atoms with van der Waals surface area (Å²) in [6, 6.07) is 11.9. The van der Waals surface area contributed by atoms with Gasteiger partial charge in [-0.15, -0.1) is 0 Å². The predicted molar refractivity (Wildman–Crippen MR) is 96.6 cm³/mol. The van der Waals surface area contributed by atoms with Crippen LogP contribution in [0.4, 0.5) is 17.2 Å². The smallest absolute Gasteiger partial charge is 0.292 e. The lowest BCUT2D eigenvalue weighted by atomic mass is 10.2. The zero-order valence-corrected chi connectivity index (χ0v) is 13.8. The van der Waals surface area contributed by atoms with Gasteiger partial charge in [0.15, 0.2) is 0 Å². The van der Waals surface area contributed by atoms with Gasteiger partial charge in [-0.1, -0.05) is 18.2 Å². The fourth-order valence-corrected chi connectivity index (χ4v) is 2.18. The monoisotopic (exact) mass is 343 g/mol. The molecule has 0 aliphatic heterocycles. The van der Waals surface area contributed by atoms with Gasteiger partial charge >= 0.3 is 0 Å². The highest BCUT2D eigenvalue weighted by atomic mass is 16.6. The summed E-state index contributed by atoms with van der Waals surface area (Å²) in [6.07, 6.45) is 3.46. The van der Waals surface area contributed by atoms with Crippen LogP contribution in [0.5, 0.6) is 0 Å². The zero-order chi connectivity index (χ0) is 17.9. The summed E-state index contributed by atoms with van der Waals surface area (Å²) in [5.74, 6) is 0.635.